The van der Waals surface area contributed by atoms with Crippen LogP contribution in [0.2, 0.25) is 0 Å². The molecule has 132 valence electrons. The van der Waals surface area contributed by atoms with Crippen LogP contribution in [0, 0.1) is 10.1 Å². The second-order valence-electron chi connectivity index (χ2n) is 4.91. The van der Waals surface area contributed by atoms with Gasteiger partial charge in [0.05, 0.1) is 18.6 Å². The van der Waals surface area contributed by atoms with Gasteiger partial charge in [-0.3, -0.25) is 10.1 Å². The fraction of sp³-hybridized carbons (Fsp3) is 0.235. The predicted molar refractivity (Wildman–Crippen MR) is 88.0 cm³/mol. The fourth-order valence-electron chi connectivity index (χ4n) is 2.21. The molecule has 0 atom stereocenters. The summed E-state index contributed by atoms with van der Waals surface area (Å²) in [5.41, 5.74) is -0.442. The van der Waals surface area contributed by atoms with Crippen LogP contribution in [0.3, 0.4) is 0 Å². The van der Waals surface area contributed by atoms with Crippen molar-refractivity contribution < 1.29 is 29.0 Å². The highest BCUT2D eigenvalue weighted by Crippen LogP contribution is 2.31. The Labute approximate surface area is 143 Å². The molecule has 0 fully saturated rings. The van der Waals surface area contributed by atoms with Crippen molar-refractivity contribution in [2.24, 2.45) is 0 Å². The summed E-state index contributed by atoms with van der Waals surface area (Å²) in [5, 5.41) is 20.6. The lowest BCUT2D eigenvalue weighted by Crippen LogP contribution is -2.09. The van der Waals surface area contributed by atoms with E-state index in [1.807, 2.05) is 6.92 Å². The van der Waals surface area contributed by atoms with Crippen LogP contribution in [-0.4, -0.2) is 29.7 Å². The van der Waals surface area contributed by atoms with Gasteiger partial charge >= 0.3 is 11.7 Å². The molecule has 0 aromatic heterocycles. The zero-order valence-corrected chi connectivity index (χ0v) is 13.7. The van der Waals surface area contributed by atoms with E-state index in [1.54, 1.807) is 18.2 Å². The van der Waals surface area contributed by atoms with Crippen molar-refractivity contribution in [2.45, 2.75) is 13.5 Å². The Balaban J connectivity index is 2.18. The van der Waals surface area contributed by atoms with E-state index in [0.717, 1.165) is 6.07 Å². The number of nitro groups is 1. The van der Waals surface area contributed by atoms with E-state index >= 15 is 0 Å². The minimum atomic E-state index is -0.918. The molecule has 8 heteroatoms. The normalized spacial score (nSPS) is 10.2. The lowest BCUT2D eigenvalue weighted by atomic mass is 10.1. The number of rotatable bonds is 7. The molecule has 8 nitrogen and oxygen atoms in total. The van der Waals surface area contributed by atoms with Gasteiger partial charge in [-0.1, -0.05) is 6.07 Å². The second kappa shape index (κ2) is 8.00. The first-order chi connectivity index (χ1) is 12.0. The Morgan fingerprint density at radius 3 is 2.68 bits per heavy atom. The predicted octanol–water partition coefficient (Wildman–Crippen LogP) is 3.06. The largest absolute Gasteiger partial charge is 0.502 e. The lowest BCUT2D eigenvalue weighted by Gasteiger charge is -2.12. The van der Waals surface area contributed by atoms with Gasteiger partial charge in [0, 0.05) is 11.6 Å². The molecular weight excluding hydrogens is 330 g/mol. The third-order valence-electron chi connectivity index (χ3n) is 3.35. The van der Waals surface area contributed by atoms with Gasteiger partial charge in [0.2, 0.25) is 0 Å². The van der Waals surface area contributed by atoms with E-state index in [1.165, 1.54) is 19.2 Å². The van der Waals surface area contributed by atoms with Crippen molar-refractivity contribution in [3.05, 3.63) is 57.6 Å². The zero-order chi connectivity index (χ0) is 18.4. The van der Waals surface area contributed by atoms with Gasteiger partial charge in [0.1, 0.15) is 23.7 Å². The maximum absolute atomic E-state index is 12.2. The van der Waals surface area contributed by atoms with Gasteiger partial charge in [0.25, 0.3) is 0 Å². The standard InChI is InChI=1S/C17H17NO7/c1-3-24-12-8-7-11(15(9-12)23-2)10-25-17(20)13-5-4-6-14(19)16(13)18(21)22/h4-9,19H,3,10H2,1-2H3. The summed E-state index contributed by atoms with van der Waals surface area (Å²) < 4.78 is 15.7. The van der Waals surface area contributed by atoms with Crippen molar-refractivity contribution in [1.82, 2.24) is 0 Å². The summed E-state index contributed by atoms with van der Waals surface area (Å²) in [6.07, 6.45) is 0. The maximum Gasteiger partial charge on any atom is 0.345 e. The molecule has 0 unspecified atom stereocenters. The number of hydrogen-bond acceptors (Lipinski definition) is 7. The molecule has 1 N–H and O–H groups in total. The summed E-state index contributed by atoms with van der Waals surface area (Å²) in [5.74, 6) is -0.446. The highest BCUT2D eigenvalue weighted by Gasteiger charge is 2.25. The zero-order valence-electron chi connectivity index (χ0n) is 13.7. The number of ether oxygens (including phenoxy) is 3. The molecule has 0 saturated heterocycles. The number of hydrogen-bond donors (Lipinski definition) is 1. The number of methoxy groups -OCH3 is 1. The van der Waals surface area contributed by atoms with Crippen molar-refractivity contribution in [3.8, 4) is 17.2 Å². The Bertz CT molecular complexity index is 789. The van der Waals surface area contributed by atoms with Crippen molar-refractivity contribution in [2.75, 3.05) is 13.7 Å². The average Bonchev–Trinajstić information content (AvgIpc) is 2.59. The van der Waals surface area contributed by atoms with Crippen LogP contribution in [0.1, 0.15) is 22.8 Å². The molecule has 25 heavy (non-hydrogen) atoms. The minimum absolute atomic E-state index is 0.152. The second-order valence-corrected chi connectivity index (χ2v) is 4.91. The maximum atomic E-state index is 12.2. The first-order valence-electron chi connectivity index (χ1n) is 7.41. The molecule has 0 aliphatic carbocycles. The molecule has 2 aromatic rings. The highest BCUT2D eigenvalue weighted by atomic mass is 16.6. The average molecular weight is 347 g/mol. The summed E-state index contributed by atoms with van der Waals surface area (Å²) in [6.45, 7) is 2.20. The summed E-state index contributed by atoms with van der Waals surface area (Å²) in [4.78, 5) is 22.4. The SMILES string of the molecule is CCOc1ccc(COC(=O)c2cccc(O)c2[N+](=O)[O-])c(OC)c1. The molecule has 0 aliphatic rings. The molecule has 0 saturated carbocycles. The Kier molecular flexibility index (Phi) is 5.78. The van der Waals surface area contributed by atoms with E-state index in [9.17, 15) is 20.0 Å². The van der Waals surface area contributed by atoms with Gasteiger partial charge in [-0.05, 0) is 31.2 Å². The lowest BCUT2D eigenvalue weighted by molar-refractivity contribution is -0.386. The number of carbonyl (C=O) groups excluding carboxylic acids is 1. The summed E-state index contributed by atoms with van der Waals surface area (Å²) in [7, 11) is 1.47. The van der Waals surface area contributed by atoms with Crippen LogP contribution in [0.25, 0.3) is 0 Å². The minimum Gasteiger partial charge on any atom is -0.502 e. The molecule has 2 rings (SSSR count). The van der Waals surface area contributed by atoms with Gasteiger partial charge in [0.15, 0.2) is 5.75 Å². The van der Waals surface area contributed by atoms with E-state index in [-0.39, 0.29) is 12.2 Å². The molecule has 0 aliphatic heterocycles. The van der Waals surface area contributed by atoms with E-state index in [0.29, 0.717) is 23.7 Å². The first-order valence-corrected chi connectivity index (χ1v) is 7.41. The van der Waals surface area contributed by atoms with Crippen molar-refractivity contribution in [1.29, 1.82) is 0 Å². The van der Waals surface area contributed by atoms with Crippen LogP contribution in [0.4, 0.5) is 5.69 Å². The molecule has 0 heterocycles. The molecule has 2 aromatic carbocycles. The third kappa shape index (κ3) is 4.17. The van der Waals surface area contributed by atoms with Gasteiger partial charge < -0.3 is 19.3 Å². The van der Waals surface area contributed by atoms with Crippen molar-refractivity contribution >= 4 is 11.7 Å². The Hall–Kier alpha value is -3.29. The quantitative estimate of drug-likeness (QED) is 0.466. The van der Waals surface area contributed by atoms with Crippen molar-refractivity contribution in [3.63, 3.8) is 0 Å². The topological polar surface area (TPSA) is 108 Å². The molecule has 0 amide bonds. The van der Waals surface area contributed by atoms with Gasteiger partial charge in [-0.2, -0.15) is 0 Å². The molecular formula is C17H17NO7. The van der Waals surface area contributed by atoms with Gasteiger partial charge in [-0.15, -0.1) is 0 Å². The molecule has 0 radical (unpaired) electrons. The Morgan fingerprint density at radius 1 is 1.28 bits per heavy atom. The van der Waals surface area contributed by atoms with Crippen LogP contribution >= 0.6 is 0 Å². The summed E-state index contributed by atoms with van der Waals surface area (Å²) in [6, 6.07) is 8.71. The number of phenolic OH excluding ortho intramolecular Hbond substituents is 1. The number of nitrogens with zero attached hydrogens (tertiary/aromatic N) is 1. The smallest absolute Gasteiger partial charge is 0.345 e. The number of phenols is 1. The molecule has 0 bridgehead atoms. The monoisotopic (exact) mass is 347 g/mol. The Morgan fingerprint density at radius 2 is 2.04 bits per heavy atom. The number of aromatic hydroxyl groups is 1. The van der Waals surface area contributed by atoms with Crippen LogP contribution in [0.5, 0.6) is 17.2 Å². The van der Waals surface area contributed by atoms with E-state index in [2.05, 4.69) is 0 Å². The van der Waals surface area contributed by atoms with Crippen LogP contribution in [-0.2, 0) is 11.3 Å². The van der Waals surface area contributed by atoms with Gasteiger partial charge in [-0.25, -0.2) is 4.79 Å². The van der Waals surface area contributed by atoms with E-state index < -0.39 is 22.3 Å². The van der Waals surface area contributed by atoms with Crippen LogP contribution in [0.15, 0.2) is 36.4 Å². The highest BCUT2D eigenvalue weighted by molar-refractivity contribution is 5.95. The van der Waals surface area contributed by atoms with Crippen LogP contribution < -0.4 is 9.47 Å². The fourth-order valence-corrected chi connectivity index (χ4v) is 2.21. The summed E-state index contributed by atoms with van der Waals surface area (Å²) >= 11 is 0. The number of benzene rings is 2. The third-order valence-corrected chi connectivity index (χ3v) is 3.35. The number of esters is 1. The number of carbonyl (C=O) groups is 1. The number of para-hydroxylation sites is 1. The van der Waals surface area contributed by atoms with E-state index in [4.69, 9.17) is 14.2 Å². The molecule has 0 spiro atoms. The first kappa shape index (κ1) is 18.1. The number of nitro benzene ring substituents is 1.